The van der Waals surface area contributed by atoms with Crippen LogP contribution in [0.4, 0.5) is 5.69 Å². The fourth-order valence-corrected chi connectivity index (χ4v) is 3.02. The maximum atomic E-state index is 5.93. The molecule has 150 valence electrons. The van der Waals surface area contributed by atoms with Gasteiger partial charge in [-0.2, -0.15) is 0 Å². The minimum absolute atomic E-state index is 0.460. The second kappa shape index (κ2) is 9.43. The smallest absolute Gasteiger partial charge is 0.219 e. The number of hydrogen-bond acceptors (Lipinski definition) is 4. The number of hydrogen-bond donors (Lipinski definition) is 2. The molecule has 0 saturated heterocycles. The number of nitrogens with zero attached hydrogens (tertiary/aromatic N) is 1. The van der Waals surface area contributed by atoms with Crippen LogP contribution in [0.15, 0.2) is 89.5 Å². The lowest BCUT2D eigenvalue weighted by atomic mass is 10.2. The standard InChI is InChI=1S/C23H18ClN3O2S/c24-17-8-6-16(7-9-17)21-12-11-20(28-21)15-26-23(30)27-18-10-13-22(25-14-18)29-19-4-2-1-3-5-19/h1-14H,15H2,(H2,26,27,30). The SMILES string of the molecule is S=C(NCc1ccc(-c2ccc(Cl)cc2)o1)Nc1ccc(Oc2ccccc2)nc1. The molecule has 5 nitrogen and oxygen atoms in total. The number of benzene rings is 2. The molecule has 2 aromatic carbocycles. The first-order valence-corrected chi connectivity index (χ1v) is 10.0. The zero-order chi connectivity index (χ0) is 20.8. The fourth-order valence-electron chi connectivity index (χ4n) is 2.71. The summed E-state index contributed by atoms with van der Waals surface area (Å²) >= 11 is 11.3. The first-order chi connectivity index (χ1) is 14.7. The Bertz CT molecular complexity index is 1110. The molecule has 0 radical (unpaired) electrons. The maximum absolute atomic E-state index is 5.93. The molecule has 0 atom stereocenters. The number of halogens is 1. The van der Waals surface area contributed by atoms with Crippen molar-refractivity contribution < 1.29 is 9.15 Å². The Hall–Kier alpha value is -3.35. The third-order valence-corrected chi connectivity index (χ3v) is 4.67. The van der Waals surface area contributed by atoms with Gasteiger partial charge in [0.15, 0.2) is 5.11 Å². The zero-order valence-corrected chi connectivity index (χ0v) is 17.4. The summed E-state index contributed by atoms with van der Waals surface area (Å²) in [5.41, 5.74) is 1.73. The predicted molar refractivity (Wildman–Crippen MR) is 123 cm³/mol. The van der Waals surface area contributed by atoms with E-state index in [-0.39, 0.29) is 0 Å². The number of aromatic nitrogens is 1. The second-order valence-electron chi connectivity index (χ2n) is 6.38. The lowest BCUT2D eigenvalue weighted by Crippen LogP contribution is -2.27. The van der Waals surface area contributed by atoms with Crippen LogP contribution in [-0.2, 0) is 6.54 Å². The Morgan fingerprint density at radius 1 is 0.967 bits per heavy atom. The van der Waals surface area contributed by atoms with Crippen molar-refractivity contribution in [1.29, 1.82) is 0 Å². The Labute approximate surface area is 184 Å². The van der Waals surface area contributed by atoms with Crippen LogP contribution in [-0.4, -0.2) is 10.1 Å². The highest BCUT2D eigenvalue weighted by Crippen LogP contribution is 2.24. The third-order valence-electron chi connectivity index (χ3n) is 4.17. The predicted octanol–water partition coefficient (Wildman–Crippen LogP) is 6.27. The molecule has 2 N–H and O–H groups in total. The van der Waals surface area contributed by atoms with Crippen LogP contribution < -0.4 is 15.4 Å². The van der Waals surface area contributed by atoms with Crippen molar-refractivity contribution in [3.8, 4) is 23.0 Å². The minimum Gasteiger partial charge on any atom is -0.459 e. The molecule has 7 heteroatoms. The Balaban J connectivity index is 1.28. The molecule has 0 amide bonds. The van der Waals surface area contributed by atoms with Crippen molar-refractivity contribution in [2.45, 2.75) is 6.54 Å². The van der Waals surface area contributed by atoms with Crippen molar-refractivity contribution in [3.05, 3.63) is 95.8 Å². The van der Waals surface area contributed by atoms with Gasteiger partial charge in [-0.3, -0.25) is 0 Å². The maximum Gasteiger partial charge on any atom is 0.219 e. The lowest BCUT2D eigenvalue weighted by Gasteiger charge is -2.10. The number of pyridine rings is 1. The summed E-state index contributed by atoms with van der Waals surface area (Å²) in [5, 5.41) is 7.38. The van der Waals surface area contributed by atoms with Crippen LogP contribution in [0.3, 0.4) is 0 Å². The van der Waals surface area contributed by atoms with Crippen LogP contribution in [0, 0.1) is 0 Å². The Morgan fingerprint density at radius 3 is 2.50 bits per heavy atom. The molecule has 0 aliphatic rings. The van der Waals surface area contributed by atoms with Gasteiger partial charge in [0.1, 0.15) is 17.3 Å². The molecule has 0 unspecified atom stereocenters. The first-order valence-electron chi connectivity index (χ1n) is 9.24. The van der Waals surface area contributed by atoms with Crippen molar-refractivity contribution in [1.82, 2.24) is 10.3 Å². The molecule has 2 heterocycles. The molecule has 0 saturated carbocycles. The molecular weight excluding hydrogens is 418 g/mol. The highest BCUT2D eigenvalue weighted by atomic mass is 35.5. The van der Waals surface area contributed by atoms with E-state index in [0.29, 0.717) is 22.6 Å². The van der Waals surface area contributed by atoms with Crippen molar-refractivity contribution in [2.75, 3.05) is 5.32 Å². The average molecular weight is 436 g/mol. The van der Waals surface area contributed by atoms with Gasteiger partial charge in [0.05, 0.1) is 18.4 Å². The summed E-state index contributed by atoms with van der Waals surface area (Å²) in [5.74, 6) is 2.80. The summed E-state index contributed by atoms with van der Waals surface area (Å²) in [6, 6.07) is 24.5. The molecule has 2 aromatic heterocycles. The topological polar surface area (TPSA) is 59.3 Å². The highest BCUT2D eigenvalue weighted by Gasteiger charge is 2.06. The number of thiocarbonyl (C=S) groups is 1. The van der Waals surface area contributed by atoms with Gasteiger partial charge in [0, 0.05) is 16.7 Å². The molecule has 4 rings (SSSR count). The van der Waals surface area contributed by atoms with E-state index in [1.54, 1.807) is 12.3 Å². The molecule has 0 fully saturated rings. The summed E-state index contributed by atoms with van der Waals surface area (Å²) < 4.78 is 11.5. The van der Waals surface area contributed by atoms with Gasteiger partial charge < -0.3 is 19.8 Å². The normalized spacial score (nSPS) is 10.4. The van der Waals surface area contributed by atoms with Crippen LogP contribution in [0.2, 0.25) is 5.02 Å². The average Bonchev–Trinajstić information content (AvgIpc) is 3.24. The van der Waals surface area contributed by atoms with E-state index in [4.69, 9.17) is 33.0 Å². The summed E-state index contributed by atoms with van der Waals surface area (Å²) in [6.45, 7) is 0.460. The molecule has 0 bridgehead atoms. The third kappa shape index (κ3) is 5.37. The quantitative estimate of drug-likeness (QED) is 0.348. The van der Waals surface area contributed by atoms with Gasteiger partial charge in [-0.25, -0.2) is 4.98 Å². The molecule has 0 aliphatic carbocycles. The van der Waals surface area contributed by atoms with Gasteiger partial charge in [0.2, 0.25) is 5.88 Å². The monoisotopic (exact) mass is 435 g/mol. The minimum atomic E-state index is 0.460. The van der Waals surface area contributed by atoms with Gasteiger partial charge in [-0.1, -0.05) is 29.8 Å². The zero-order valence-electron chi connectivity index (χ0n) is 15.8. The van der Waals surface area contributed by atoms with E-state index < -0.39 is 0 Å². The number of rotatable bonds is 6. The van der Waals surface area contributed by atoms with E-state index in [1.807, 2.05) is 72.8 Å². The summed E-state index contributed by atoms with van der Waals surface area (Å²) in [6.07, 6.45) is 1.66. The second-order valence-corrected chi connectivity index (χ2v) is 7.23. The van der Waals surface area contributed by atoms with Crippen molar-refractivity contribution in [3.63, 3.8) is 0 Å². The largest absolute Gasteiger partial charge is 0.459 e. The van der Waals surface area contributed by atoms with Crippen LogP contribution in [0.1, 0.15) is 5.76 Å². The van der Waals surface area contributed by atoms with Gasteiger partial charge in [0.25, 0.3) is 0 Å². The van der Waals surface area contributed by atoms with Gasteiger partial charge in [-0.15, -0.1) is 0 Å². The summed E-state index contributed by atoms with van der Waals surface area (Å²) in [4.78, 5) is 4.29. The summed E-state index contributed by atoms with van der Waals surface area (Å²) in [7, 11) is 0. The number of furan rings is 1. The fraction of sp³-hybridized carbons (Fsp3) is 0.0435. The number of para-hydroxylation sites is 1. The van der Waals surface area contributed by atoms with Crippen LogP contribution in [0.25, 0.3) is 11.3 Å². The van der Waals surface area contributed by atoms with Gasteiger partial charge in [-0.05, 0) is 66.8 Å². The highest BCUT2D eigenvalue weighted by molar-refractivity contribution is 7.80. The number of anilines is 1. The van der Waals surface area contributed by atoms with Crippen LogP contribution >= 0.6 is 23.8 Å². The Morgan fingerprint density at radius 2 is 1.77 bits per heavy atom. The van der Waals surface area contributed by atoms with E-state index in [2.05, 4.69) is 15.6 Å². The molecular formula is C23H18ClN3O2S. The molecule has 4 aromatic rings. The molecule has 0 aliphatic heterocycles. The van der Waals surface area contributed by atoms with Gasteiger partial charge >= 0.3 is 0 Å². The first kappa shape index (κ1) is 19.9. The van der Waals surface area contributed by atoms with Crippen molar-refractivity contribution >= 4 is 34.6 Å². The Kier molecular flexibility index (Phi) is 6.27. The van der Waals surface area contributed by atoms with Crippen LogP contribution in [0.5, 0.6) is 11.6 Å². The lowest BCUT2D eigenvalue weighted by molar-refractivity contribution is 0.463. The number of ether oxygens (including phenoxy) is 1. The van der Waals surface area contributed by atoms with E-state index in [9.17, 15) is 0 Å². The molecule has 0 spiro atoms. The van der Waals surface area contributed by atoms with Crippen molar-refractivity contribution in [2.24, 2.45) is 0 Å². The number of nitrogens with one attached hydrogen (secondary N) is 2. The molecule has 30 heavy (non-hydrogen) atoms. The van der Waals surface area contributed by atoms with E-state index in [0.717, 1.165) is 28.5 Å². The van der Waals surface area contributed by atoms with E-state index in [1.165, 1.54) is 0 Å². The van der Waals surface area contributed by atoms with E-state index >= 15 is 0 Å².